The van der Waals surface area contributed by atoms with Gasteiger partial charge in [-0.15, -0.1) is 0 Å². The lowest BCUT2D eigenvalue weighted by molar-refractivity contribution is 0.399. The quantitative estimate of drug-likeness (QED) is 0.756. The first-order chi connectivity index (χ1) is 6.42. The summed E-state index contributed by atoms with van der Waals surface area (Å²) in [6.45, 7) is 0. The number of methoxy groups -OCH3 is 1. The minimum atomic E-state index is 0.643. The Kier molecular flexibility index (Phi) is 2.00. The molecular formula is C10H10N2O. The van der Waals surface area contributed by atoms with Crippen LogP contribution < -0.4 is 4.74 Å². The first-order valence-corrected chi connectivity index (χ1v) is 4.04. The monoisotopic (exact) mass is 174 g/mol. The van der Waals surface area contributed by atoms with Crippen LogP contribution in [0.1, 0.15) is 0 Å². The van der Waals surface area contributed by atoms with E-state index in [1.54, 1.807) is 13.3 Å². The molecule has 0 fully saturated rings. The number of rotatable bonds is 2. The zero-order valence-electron chi connectivity index (χ0n) is 7.32. The molecule has 0 atom stereocenters. The first-order valence-electron chi connectivity index (χ1n) is 4.04. The van der Waals surface area contributed by atoms with E-state index in [-0.39, 0.29) is 0 Å². The van der Waals surface area contributed by atoms with Crippen LogP contribution in [0.25, 0.3) is 11.3 Å². The molecule has 0 radical (unpaired) electrons. The van der Waals surface area contributed by atoms with E-state index in [0.717, 1.165) is 11.3 Å². The third-order valence-corrected chi connectivity index (χ3v) is 1.85. The Labute approximate surface area is 76.4 Å². The Hall–Kier alpha value is -1.77. The van der Waals surface area contributed by atoms with E-state index >= 15 is 0 Å². The molecule has 0 aliphatic rings. The van der Waals surface area contributed by atoms with Crippen LogP contribution in [0.4, 0.5) is 0 Å². The second kappa shape index (κ2) is 3.31. The van der Waals surface area contributed by atoms with Crippen molar-refractivity contribution in [2.45, 2.75) is 0 Å². The van der Waals surface area contributed by atoms with Gasteiger partial charge in [0.2, 0.25) is 5.88 Å². The van der Waals surface area contributed by atoms with Crippen LogP contribution in [-0.2, 0) is 0 Å². The largest absolute Gasteiger partial charge is 0.481 e. The minimum absolute atomic E-state index is 0.643. The molecule has 2 heterocycles. The summed E-state index contributed by atoms with van der Waals surface area (Å²) in [5.41, 5.74) is 2.00. The van der Waals surface area contributed by atoms with Crippen LogP contribution in [-0.4, -0.2) is 17.1 Å². The van der Waals surface area contributed by atoms with E-state index in [4.69, 9.17) is 4.74 Å². The molecule has 0 aliphatic heterocycles. The van der Waals surface area contributed by atoms with Gasteiger partial charge in [-0.2, -0.15) is 0 Å². The van der Waals surface area contributed by atoms with Gasteiger partial charge in [-0.05, 0) is 24.3 Å². The van der Waals surface area contributed by atoms with E-state index in [1.165, 1.54) is 0 Å². The Morgan fingerprint density at radius 2 is 2.23 bits per heavy atom. The van der Waals surface area contributed by atoms with E-state index in [1.807, 2.05) is 30.5 Å². The van der Waals surface area contributed by atoms with Gasteiger partial charge in [0.1, 0.15) is 0 Å². The van der Waals surface area contributed by atoms with Crippen molar-refractivity contribution >= 4 is 0 Å². The van der Waals surface area contributed by atoms with Gasteiger partial charge in [0.25, 0.3) is 0 Å². The lowest BCUT2D eigenvalue weighted by Gasteiger charge is -2.03. The molecule has 2 aromatic heterocycles. The highest BCUT2D eigenvalue weighted by atomic mass is 16.5. The van der Waals surface area contributed by atoms with E-state index < -0.39 is 0 Å². The highest BCUT2D eigenvalue weighted by molar-refractivity contribution is 5.64. The Morgan fingerprint density at radius 1 is 1.31 bits per heavy atom. The minimum Gasteiger partial charge on any atom is -0.481 e. The van der Waals surface area contributed by atoms with Gasteiger partial charge in [-0.3, -0.25) is 0 Å². The molecule has 2 aromatic rings. The number of aromatic nitrogens is 2. The maximum Gasteiger partial charge on any atom is 0.222 e. The van der Waals surface area contributed by atoms with Gasteiger partial charge in [0.15, 0.2) is 0 Å². The molecule has 0 aromatic carbocycles. The number of ether oxygens (including phenoxy) is 1. The average molecular weight is 174 g/mol. The van der Waals surface area contributed by atoms with Crippen molar-refractivity contribution in [3.63, 3.8) is 0 Å². The Balaban J connectivity index is 2.51. The van der Waals surface area contributed by atoms with Crippen molar-refractivity contribution in [2.24, 2.45) is 0 Å². The second-order valence-corrected chi connectivity index (χ2v) is 2.64. The van der Waals surface area contributed by atoms with Crippen LogP contribution in [0, 0.1) is 0 Å². The molecule has 0 spiro atoms. The number of nitrogens with one attached hydrogen (secondary N) is 1. The van der Waals surface area contributed by atoms with Crippen molar-refractivity contribution in [1.29, 1.82) is 0 Å². The number of pyridine rings is 1. The zero-order chi connectivity index (χ0) is 9.10. The van der Waals surface area contributed by atoms with Gasteiger partial charge in [-0.1, -0.05) is 0 Å². The highest BCUT2D eigenvalue weighted by Crippen LogP contribution is 2.25. The summed E-state index contributed by atoms with van der Waals surface area (Å²) < 4.78 is 5.14. The fourth-order valence-corrected chi connectivity index (χ4v) is 1.26. The molecular weight excluding hydrogens is 164 g/mol. The molecule has 0 bridgehead atoms. The molecule has 0 aliphatic carbocycles. The normalized spacial score (nSPS) is 9.92. The maximum absolute atomic E-state index is 5.14. The third-order valence-electron chi connectivity index (χ3n) is 1.85. The molecule has 1 N–H and O–H groups in total. The molecule has 13 heavy (non-hydrogen) atoms. The fraction of sp³-hybridized carbons (Fsp3) is 0.100. The van der Waals surface area contributed by atoms with Crippen LogP contribution in [0.3, 0.4) is 0 Å². The summed E-state index contributed by atoms with van der Waals surface area (Å²) in [7, 11) is 1.62. The summed E-state index contributed by atoms with van der Waals surface area (Å²) in [5.74, 6) is 0.643. The first kappa shape index (κ1) is 7.86. The van der Waals surface area contributed by atoms with Gasteiger partial charge < -0.3 is 9.72 Å². The Morgan fingerprint density at radius 3 is 2.92 bits per heavy atom. The van der Waals surface area contributed by atoms with Gasteiger partial charge in [0, 0.05) is 12.4 Å². The van der Waals surface area contributed by atoms with Gasteiger partial charge in [0.05, 0.1) is 18.4 Å². The number of aromatic amines is 1. The van der Waals surface area contributed by atoms with Crippen molar-refractivity contribution < 1.29 is 4.74 Å². The summed E-state index contributed by atoms with van der Waals surface area (Å²) in [6, 6.07) is 7.79. The molecule has 0 saturated carbocycles. The average Bonchev–Trinajstić information content (AvgIpc) is 2.70. The molecule has 3 heteroatoms. The summed E-state index contributed by atoms with van der Waals surface area (Å²) >= 11 is 0. The molecule has 0 unspecified atom stereocenters. The van der Waals surface area contributed by atoms with Crippen LogP contribution in [0.5, 0.6) is 5.88 Å². The lowest BCUT2D eigenvalue weighted by atomic mass is 10.2. The molecule has 3 nitrogen and oxygen atoms in total. The van der Waals surface area contributed by atoms with Crippen molar-refractivity contribution in [3.05, 3.63) is 36.7 Å². The van der Waals surface area contributed by atoms with E-state index in [9.17, 15) is 0 Å². The number of nitrogens with zero attached hydrogens (tertiary/aromatic N) is 1. The van der Waals surface area contributed by atoms with Crippen molar-refractivity contribution in [2.75, 3.05) is 7.11 Å². The molecule has 66 valence electrons. The zero-order valence-corrected chi connectivity index (χ0v) is 7.32. The molecule has 0 amide bonds. The SMILES string of the molecule is COc1ncccc1-c1ccc[nH]1. The second-order valence-electron chi connectivity index (χ2n) is 2.64. The predicted octanol–water partition coefficient (Wildman–Crippen LogP) is 2.09. The standard InChI is InChI=1S/C10H10N2O/c1-13-10-8(4-2-7-12-10)9-5-3-6-11-9/h2-7,11H,1H3. The number of hydrogen-bond donors (Lipinski definition) is 1. The topological polar surface area (TPSA) is 37.9 Å². The third kappa shape index (κ3) is 1.40. The highest BCUT2D eigenvalue weighted by Gasteiger charge is 2.05. The predicted molar refractivity (Wildman–Crippen MR) is 50.6 cm³/mol. The fourth-order valence-electron chi connectivity index (χ4n) is 1.26. The van der Waals surface area contributed by atoms with Crippen molar-refractivity contribution in [1.82, 2.24) is 9.97 Å². The maximum atomic E-state index is 5.14. The van der Waals surface area contributed by atoms with Crippen LogP contribution in [0.15, 0.2) is 36.7 Å². The van der Waals surface area contributed by atoms with E-state index in [2.05, 4.69) is 9.97 Å². The van der Waals surface area contributed by atoms with Gasteiger partial charge >= 0.3 is 0 Å². The summed E-state index contributed by atoms with van der Waals surface area (Å²) in [4.78, 5) is 7.22. The van der Waals surface area contributed by atoms with Gasteiger partial charge in [-0.25, -0.2) is 4.98 Å². The number of hydrogen-bond acceptors (Lipinski definition) is 2. The molecule has 2 rings (SSSR count). The summed E-state index contributed by atoms with van der Waals surface area (Å²) in [6.07, 6.45) is 3.59. The lowest BCUT2D eigenvalue weighted by Crippen LogP contribution is -1.90. The van der Waals surface area contributed by atoms with E-state index in [0.29, 0.717) is 5.88 Å². The Bertz CT molecular complexity index is 382. The molecule has 0 saturated heterocycles. The van der Waals surface area contributed by atoms with Crippen LogP contribution in [0.2, 0.25) is 0 Å². The smallest absolute Gasteiger partial charge is 0.222 e. The number of H-pyrrole nitrogens is 1. The summed E-state index contributed by atoms with van der Waals surface area (Å²) in [5, 5.41) is 0. The van der Waals surface area contributed by atoms with Crippen LogP contribution >= 0.6 is 0 Å². The van der Waals surface area contributed by atoms with Crippen molar-refractivity contribution in [3.8, 4) is 17.1 Å².